The Labute approximate surface area is 187 Å². The normalized spacial score (nSPS) is 12.2. The zero-order valence-corrected chi connectivity index (χ0v) is 17.9. The molecule has 0 saturated heterocycles. The maximum Gasteiger partial charge on any atom is 0.416 e. The number of halogens is 3. The predicted octanol–water partition coefficient (Wildman–Crippen LogP) is 8.17. The Bertz CT molecular complexity index is 1280. The zero-order chi connectivity index (χ0) is 22.7. The Morgan fingerprint density at radius 2 is 1.53 bits per heavy atom. The summed E-state index contributed by atoms with van der Waals surface area (Å²) in [4.78, 5) is 16.1. The van der Waals surface area contributed by atoms with Gasteiger partial charge in [-0.3, -0.25) is 4.79 Å². The number of nitrogens with one attached hydrogen (secondary N) is 1. The molecule has 0 unspecified atom stereocenters. The van der Waals surface area contributed by atoms with Crippen molar-refractivity contribution in [3.05, 3.63) is 60.2 Å². The molecule has 0 aliphatic carbocycles. The van der Waals surface area contributed by atoms with Gasteiger partial charge in [-0.2, -0.15) is 13.2 Å². The fourth-order valence-electron chi connectivity index (χ4n) is 2.54. The zero-order valence-electron chi connectivity index (χ0n) is 16.3. The molecule has 7 nitrogen and oxygen atoms in total. The fourth-order valence-corrected chi connectivity index (χ4v) is 4.39. The van der Waals surface area contributed by atoms with E-state index in [1.807, 2.05) is 0 Å². The lowest BCUT2D eigenvalue weighted by atomic mass is 10.2. The monoisotopic (exact) mass is 474 g/mol. The van der Waals surface area contributed by atoms with Crippen LogP contribution in [0.4, 0.5) is 40.4 Å². The Hall–Kier alpha value is -3.51. The van der Waals surface area contributed by atoms with Crippen LogP contribution < -0.4 is 5.32 Å². The maximum atomic E-state index is 12.6. The van der Waals surface area contributed by atoms with Gasteiger partial charge < -0.3 is 5.32 Å². The number of carbonyl (C=O) groups excluding carboxylic acids is 1. The summed E-state index contributed by atoms with van der Waals surface area (Å²) in [6.45, 7) is 1.43. The number of aromatic nitrogens is 1. The number of anilines is 1. The second-order valence-electron chi connectivity index (χ2n) is 6.42. The average molecular weight is 474 g/mol. The smallest absolute Gasteiger partial charge is 0.326 e. The summed E-state index contributed by atoms with van der Waals surface area (Å²) >= 11 is 2.62. The molecule has 12 heteroatoms. The fraction of sp³-hybridized carbons (Fsp3) is 0.100. The minimum atomic E-state index is -4.38. The highest BCUT2D eigenvalue weighted by Crippen LogP contribution is 2.39. The number of rotatable bonds is 5. The van der Waals surface area contributed by atoms with Gasteiger partial charge in [-0.1, -0.05) is 22.7 Å². The second kappa shape index (κ2) is 8.93. The molecule has 0 aliphatic heterocycles. The van der Waals surface area contributed by atoms with Crippen molar-refractivity contribution in [3.63, 3.8) is 0 Å². The largest absolute Gasteiger partial charge is 0.416 e. The molecule has 1 N–H and O–H groups in total. The van der Waals surface area contributed by atoms with Crippen molar-refractivity contribution in [3.8, 4) is 0 Å². The van der Waals surface area contributed by atoms with Crippen molar-refractivity contribution in [2.75, 3.05) is 5.32 Å². The van der Waals surface area contributed by atoms with E-state index in [0.717, 1.165) is 16.8 Å². The first-order valence-electron chi connectivity index (χ1n) is 9.05. The summed E-state index contributed by atoms with van der Waals surface area (Å²) in [6.07, 6.45) is -4.38. The Morgan fingerprint density at radius 1 is 0.906 bits per heavy atom. The van der Waals surface area contributed by atoms with Crippen LogP contribution in [0.3, 0.4) is 0 Å². The molecule has 0 bridgehead atoms. The molecular weight excluding hydrogens is 461 g/mol. The Kier molecular flexibility index (Phi) is 6.06. The summed E-state index contributed by atoms with van der Waals surface area (Å²) in [7, 11) is 0. The lowest BCUT2D eigenvalue weighted by molar-refractivity contribution is -0.137. The highest BCUT2D eigenvalue weighted by atomic mass is 32.1. The number of fused-ring (bicyclic) bond motifs is 1. The van der Waals surface area contributed by atoms with Crippen molar-refractivity contribution in [2.24, 2.45) is 20.5 Å². The van der Waals surface area contributed by atoms with Crippen molar-refractivity contribution < 1.29 is 18.0 Å². The number of hydrogen-bond donors (Lipinski definition) is 1. The van der Waals surface area contributed by atoms with Gasteiger partial charge in [0.25, 0.3) is 0 Å². The highest BCUT2D eigenvalue weighted by molar-refractivity contribution is 7.30. The van der Waals surface area contributed by atoms with Gasteiger partial charge in [-0.15, -0.1) is 20.5 Å². The average Bonchev–Trinajstić information content (AvgIpc) is 3.29. The van der Waals surface area contributed by atoms with Crippen LogP contribution in [-0.2, 0) is 11.0 Å². The van der Waals surface area contributed by atoms with Crippen LogP contribution in [0, 0.1) is 0 Å². The van der Waals surface area contributed by atoms with Crippen LogP contribution >= 0.6 is 22.7 Å². The second-order valence-corrected chi connectivity index (χ2v) is 8.44. The number of thiophene rings is 1. The van der Waals surface area contributed by atoms with Gasteiger partial charge in [0.1, 0.15) is 9.83 Å². The lowest BCUT2D eigenvalue weighted by Gasteiger charge is -2.05. The van der Waals surface area contributed by atoms with Gasteiger partial charge >= 0.3 is 6.18 Å². The standard InChI is InChI=1S/C20H13F3N6OS2/c1-11(30)24-13-6-8-15(9-7-13)27-29-19-25-18-16(31-19)10-17(32-18)28-26-14-4-2-12(3-5-14)20(21,22)23/h2-10H,1H3,(H,24,30). The SMILES string of the molecule is CC(=O)Nc1ccc(N=Nc2nc3sc(N=Nc4ccc(C(F)(F)F)cc4)cc3s2)cc1. The first-order valence-corrected chi connectivity index (χ1v) is 10.7. The molecule has 32 heavy (non-hydrogen) atoms. The van der Waals surface area contributed by atoms with Crippen LogP contribution in [0.25, 0.3) is 9.53 Å². The van der Waals surface area contributed by atoms with Gasteiger partial charge in [0.05, 0.1) is 21.6 Å². The molecule has 2 aromatic heterocycles. The number of thiazole rings is 1. The van der Waals surface area contributed by atoms with Crippen LogP contribution in [0.15, 0.2) is 75.1 Å². The number of amides is 1. The third-order valence-electron chi connectivity index (χ3n) is 3.96. The number of hydrogen-bond acceptors (Lipinski definition) is 8. The van der Waals surface area contributed by atoms with Gasteiger partial charge in [0, 0.05) is 12.6 Å². The number of alkyl halides is 3. The van der Waals surface area contributed by atoms with Crippen LogP contribution in [0.1, 0.15) is 12.5 Å². The molecule has 4 rings (SSSR count). The number of benzene rings is 2. The molecule has 162 valence electrons. The van der Waals surface area contributed by atoms with Gasteiger partial charge in [-0.05, 0) is 54.6 Å². The maximum absolute atomic E-state index is 12.6. The molecule has 0 radical (unpaired) electrons. The van der Waals surface area contributed by atoms with E-state index < -0.39 is 11.7 Å². The third-order valence-corrected chi connectivity index (χ3v) is 5.89. The first-order chi connectivity index (χ1) is 15.3. The van der Waals surface area contributed by atoms with Crippen molar-refractivity contribution in [2.45, 2.75) is 13.1 Å². The molecule has 0 atom stereocenters. The molecule has 0 spiro atoms. The Morgan fingerprint density at radius 3 is 2.12 bits per heavy atom. The van der Waals surface area contributed by atoms with Crippen LogP contribution in [0.5, 0.6) is 0 Å². The van der Waals surface area contributed by atoms with E-state index in [4.69, 9.17) is 0 Å². The van der Waals surface area contributed by atoms with Gasteiger partial charge in [0.15, 0.2) is 0 Å². The summed E-state index contributed by atoms with van der Waals surface area (Å²) in [5, 5.41) is 20.0. The topological polar surface area (TPSA) is 91.4 Å². The molecule has 0 fully saturated rings. The van der Waals surface area contributed by atoms with Crippen molar-refractivity contribution in [1.29, 1.82) is 0 Å². The van der Waals surface area contributed by atoms with E-state index >= 15 is 0 Å². The minimum absolute atomic E-state index is 0.152. The molecule has 4 aromatic rings. The van der Waals surface area contributed by atoms with Gasteiger partial charge in [0.2, 0.25) is 11.0 Å². The van der Waals surface area contributed by atoms with E-state index in [2.05, 4.69) is 30.8 Å². The quantitative estimate of drug-likeness (QED) is 0.296. The van der Waals surface area contributed by atoms with Crippen LogP contribution in [0.2, 0.25) is 0 Å². The lowest BCUT2D eigenvalue weighted by Crippen LogP contribution is -2.04. The van der Waals surface area contributed by atoms with Crippen LogP contribution in [-0.4, -0.2) is 10.9 Å². The molecule has 2 aromatic carbocycles. The third kappa shape index (κ3) is 5.39. The van der Waals surface area contributed by atoms with E-state index in [-0.39, 0.29) is 5.91 Å². The minimum Gasteiger partial charge on any atom is -0.326 e. The van der Waals surface area contributed by atoms with Crippen molar-refractivity contribution in [1.82, 2.24) is 4.98 Å². The van der Waals surface area contributed by atoms with E-state index in [0.29, 0.717) is 32.0 Å². The predicted molar refractivity (Wildman–Crippen MR) is 118 cm³/mol. The summed E-state index contributed by atoms with van der Waals surface area (Å²) < 4.78 is 38.7. The summed E-state index contributed by atoms with van der Waals surface area (Å²) in [5.74, 6) is -0.152. The molecule has 0 saturated carbocycles. The first kappa shape index (κ1) is 21.7. The molecular formula is C20H13F3N6OS2. The molecule has 1 amide bonds. The van der Waals surface area contributed by atoms with Crippen molar-refractivity contribution >= 4 is 65.3 Å². The van der Waals surface area contributed by atoms with Gasteiger partial charge in [-0.25, -0.2) is 4.98 Å². The molecule has 0 aliphatic rings. The highest BCUT2D eigenvalue weighted by Gasteiger charge is 2.29. The summed E-state index contributed by atoms with van der Waals surface area (Å²) in [5.41, 5.74) is 0.872. The van der Waals surface area contributed by atoms with E-state index in [9.17, 15) is 18.0 Å². The summed E-state index contributed by atoms with van der Waals surface area (Å²) in [6, 6.07) is 13.2. The Balaban J connectivity index is 1.42. The molecule has 2 heterocycles. The van der Waals surface area contributed by atoms with E-state index in [1.165, 1.54) is 41.7 Å². The number of nitrogens with zero attached hydrogens (tertiary/aromatic N) is 5. The number of azo groups is 2. The number of carbonyl (C=O) groups is 1. The van der Waals surface area contributed by atoms with E-state index in [1.54, 1.807) is 30.3 Å².